The highest BCUT2D eigenvalue weighted by Gasteiger charge is 2.28. The Kier molecular flexibility index (Phi) is 6.06. The van der Waals surface area contributed by atoms with E-state index < -0.39 is 22.5 Å². The first-order valence-electron chi connectivity index (χ1n) is 9.39. The van der Waals surface area contributed by atoms with Gasteiger partial charge in [-0.05, 0) is 70.4 Å². The van der Waals surface area contributed by atoms with E-state index in [2.05, 4.69) is 4.98 Å². The molecular formula is C23H16Cl2N2O4S. The van der Waals surface area contributed by atoms with Crippen molar-refractivity contribution in [3.05, 3.63) is 89.2 Å². The smallest absolute Gasteiger partial charge is 0.324 e. The first kappa shape index (κ1) is 22.1. The Morgan fingerprint density at radius 1 is 0.844 bits per heavy atom. The number of carbonyl (C=O) groups is 1. The number of fused-ring (bicyclic) bond motifs is 1. The lowest BCUT2D eigenvalue weighted by molar-refractivity contribution is -0.135. The third-order valence-electron chi connectivity index (χ3n) is 4.83. The van der Waals surface area contributed by atoms with Crippen LogP contribution in [0.15, 0.2) is 84.0 Å². The summed E-state index contributed by atoms with van der Waals surface area (Å²) in [6, 6.07) is 18.4. The summed E-state index contributed by atoms with van der Waals surface area (Å²) >= 11 is 11.9. The predicted octanol–water partition coefficient (Wildman–Crippen LogP) is 5.49. The number of halogens is 2. The minimum atomic E-state index is -4.24. The Hall–Kier alpha value is -3.13. The zero-order valence-electron chi connectivity index (χ0n) is 16.4. The molecule has 0 aliphatic carbocycles. The van der Waals surface area contributed by atoms with E-state index in [1.54, 1.807) is 30.6 Å². The summed E-state index contributed by atoms with van der Waals surface area (Å²) in [7, 11) is -4.24. The van der Waals surface area contributed by atoms with Gasteiger partial charge < -0.3 is 5.11 Å². The molecule has 0 radical (unpaired) electrons. The molecule has 1 N–H and O–H groups in total. The van der Waals surface area contributed by atoms with E-state index in [0.717, 1.165) is 26.2 Å². The minimum Gasteiger partial charge on any atom is -0.480 e. The first-order chi connectivity index (χ1) is 15.2. The standard InChI is InChI=1S/C23H16Cl2N2O4S/c24-19-11-20(25)13-22(12-19)32(30,31)27(14-23(28)29)21-4-3-17-9-16(1-2-18(17)10-21)15-5-7-26-8-6-15/h1-13H,14H2,(H,28,29). The quantitative estimate of drug-likeness (QED) is 0.389. The SMILES string of the molecule is O=C(O)CN(c1ccc2cc(-c3ccncc3)ccc2c1)S(=O)(=O)c1cc(Cl)cc(Cl)c1. The maximum absolute atomic E-state index is 13.3. The van der Waals surface area contributed by atoms with Crippen LogP contribution in [0.1, 0.15) is 0 Å². The number of benzene rings is 3. The van der Waals surface area contributed by atoms with E-state index in [1.807, 2.05) is 30.3 Å². The molecule has 0 bridgehead atoms. The maximum atomic E-state index is 13.3. The number of hydrogen-bond donors (Lipinski definition) is 1. The summed E-state index contributed by atoms with van der Waals surface area (Å²) in [4.78, 5) is 15.3. The number of hydrogen-bond acceptors (Lipinski definition) is 4. The molecule has 1 aromatic heterocycles. The van der Waals surface area contributed by atoms with E-state index in [0.29, 0.717) is 0 Å². The Bertz CT molecular complexity index is 1410. The number of carboxylic acids is 1. The Labute approximate surface area is 194 Å². The third-order valence-corrected chi connectivity index (χ3v) is 7.02. The van der Waals surface area contributed by atoms with Gasteiger partial charge in [0.1, 0.15) is 6.54 Å². The van der Waals surface area contributed by atoms with Gasteiger partial charge in [0.05, 0.1) is 10.6 Å². The molecule has 0 spiro atoms. The number of nitrogens with zero attached hydrogens (tertiary/aromatic N) is 2. The molecule has 0 aliphatic heterocycles. The van der Waals surface area contributed by atoms with E-state index in [4.69, 9.17) is 23.2 Å². The Morgan fingerprint density at radius 2 is 1.47 bits per heavy atom. The third kappa shape index (κ3) is 4.55. The van der Waals surface area contributed by atoms with Crippen LogP contribution in [0.3, 0.4) is 0 Å². The van der Waals surface area contributed by atoms with Crippen LogP contribution < -0.4 is 4.31 Å². The van der Waals surface area contributed by atoms with E-state index >= 15 is 0 Å². The zero-order valence-corrected chi connectivity index (χ0v) is 18.8. The second kappa shape index (κ2) is 8.78. The molecule has 6 nitrogen and oxygen atoms in total. The summed E-state index contributed by atoms with van der Waals surface area (Å²) < 4.78 is 27.4. The molecule has 1 heterocycles. The van der Waals surface area contributed by atoms with Crippen LogP contribution in [-0.4, -0.2) is 31.0 Å². The summed E-state index contributed by atoms with van der Waals surface area (Å²) in [5, 5.41) is 11.3. The lowest BCUT2D eigenvalue weighted by Crippen LogP contribution is -2.35. The molecule has 0 atom stereocenters. The van der Waals surface area contributed by atoms with Crippen LogP contribution in [0.2, 0.25) is 10.0 Å². The average Bonchev–Trinajstić information content (AvgIpc) is 2.76. The number of aromatic nitrogens is 1. The number of carboxylic acid groups (broad SMARTS) is 1. The topological polar surface area (TPSA) is 87.6 Å². The van der Waals surface area contributed by atoms with Crippen molar-refractivity contribution in [1.29, 1.82) is 0 Å². The van der Waals surface area contributed by atoms with Crippen molar-refractivity contribution in [2.45, 2.75) is 4.90 Å². The van der Waals surface area contributed by atoms with Crippen molar-refractivity contribution in [2.75, 3.05) is 10.8 Å². The molecule has 32 heavy (non-hydrogen) atoms. The highest BCUT2D eigenvalue weighted by molar-refractivity contribution is 7.92. The van der Waals surface area contributed by atoms with Crippen molar-refractivity contribution in [3.8, 4) is 11.1 Å². The van der Waals surface area contributed by atoms with Crippen LogP contribution >= 0.6 is 23.2 Å². The fraction of sp³-hybridized carbons (Fsp3) is 0.0435. The Balaban J connectivity index is 1.79. The number of rotatable bonds is 6. The first-order valence-corrected chi connectivity index (χ1v) is 11.6. The van der Waals surface area contributed by atoms with Gasteiger partial charge in [0, 0.05) is 22.4 Å². The second-order valence-electron chi connectivity index (χ2n) is 6.99. The number of anilines is 1. The largest absolute Gasteiger partial charge is 0.480 e. The lowest BCUT2D eigenvalue weighted by Gasteiger charge is -2.23. The monoisotopic (exact) mass is 486 g/mol. The predicted molar refractivity (Wildman–Crippen MR) is 126 cm³/mol. The van der Waals surface area contributed by atoms with Gasteiger partial charge in [-0.25, -0.2) is 8.42 Å². The van der Waals surface area contributed by atoms with E-state index in [-0.39, 0.29) is 20.6 Å². The van der Waals surface area contributed by atoms with Crippen molar-refractivity contribution < 1.29 is 18.3 Å². The van der Waals surface area contributed by atoms with E-state index in [9.17, 15) is 18.3 Å². The minimum absolute atomic E-state index is 0.133. The Morgan fingerprint density at radius 3 is 2.12 bits per heavy atom. The molecule has 162 valence electrons. The summed E-state index contributed by atoms with van der Waals surface area (Å²) in [5.41, 5.74) is 2.20. The maximum Gasteiger partial charge on any atom is 0.324 e. The molecule has 3 aromatic carbocycles. The molecule has 9 heteroatoms. The molecule has 0 aliphatic rings. The van der Waals surface area contributed by atoms with Crippen LogP contribution in [0, 0.1) is 0 Å². The van der Waals surface area contributed by atoms with Crippen LogP contribution in [-0.2, 0) is 14.8 Å². The highest BCUT2D eigenvalue weighted by atomic mass is 35.5. The zero-order chi connectivity index (χ0) is 22.9. The van der Waals surface area contributed by atoms with Gasteiger partial charge in [-0.15, -0.1) is 0 Å². The molecule has 4 aromatic rings. The van der Waals surface area contributed by atoms with Gasteiger partial charge >= 0.3 is 5.97 Å². The summed E-state index contributed by atoms with van der Waals surface area (Å²) in [5.74, 6) is -1.30. The molecule has 0 amide bonds. The lowest BCUT2D eigenvalue weighted by atomic mass is 10.0. The van der Waals surface area contributed by atoms with Crippen molar-refractivity contribution in [2.24, 2.45) is 0 Å². The number of aliphatic carboxylic acids is 1. The average molecular weight is 487 g/mol. The van der Waals surface area contributed by atoms with Gasteiger partial charge in [-0.1, -0.05) is 41.4 Å². The van der Waals surface area contributed by atoms with Crippen LogP contribution in [0.25, 0.3) is 21.9 Å². The molecule has 0 unspecified atom stereocenters. The summed E-state index contributed by atoms with van der Waals surface area (Å²) in [6.45, 7) is -0.757. The molecule has 0 saturated heterocycles. The van der Waals surface area contributed by atoms with Crippen LogP contribution in [0.5, 0.6) is 0 Å². The van der Waals surface area contributed by atoms with Gasteiger partial charge in [-0.2, -0.15) is 0 Å². The fourth-order valence-electron chi connectivity index (χ4n) is 3.35. The molecule has 4 rings (SSSR count). The molecule has 0 fully saturated rings. The molecular weight excluding hydrogens is 471 g/mol. The molecule has 0 saturated carbocycles. The normalized spacial score (nSPS) is 11.4. The fourth-order valence-corrected chi connectivity index (χ4v) is 5.49. The van der Waals surface area contributed by atoms with Gasteiger partial charge in [-0.3, -0.25) is 14.1 Å². The summed E-state index contributed by atoms with van der Waals surface area (Å²) in [6.07, 6.45) is 3.42. The van der Waals surface area contributed by atoms with Crippen LogP contribution in [0.4, 0.5) is 5.69 Å². The van der Waals surface area contributed by atoms with Gasteiger partial charge in [0.15, 0.2) is 0 Å². The number of sulfonamides is 1. The van der Waals surface area contributed by atoms with Gasteiger partial charge in [0.2, 0.25) is 0 Å². The van der Waals surface area contributed by atoms with Crippen molar-refractivity contribution in [3.63, 3.8) is 0 Å². The second-order valence-corrected chi connectivity index (χ2v) is 9.73. The number of pyridine rings is 1. The highest BCUT2D eigenvalue weighted by Crippen LogP contribution is 2.31. The van der Waals surface area contributed by atoms with E-state index in [1.165, 1.54) is 18.2 Å². The van der Waals surface area contributed by atoms with Crippen molar-refractivity contribution in [1.82, 2.24) is 4.98 Å². The van der Waals surface area contributed by atoms with Gasteiger partial charge in [0.25, 0.3) is 10.0 Å². The van der Waals surface area contributed by atoms with Crippen molar-refractivity contribution >= 4 is 55.7 Å².